The Kier molecular flexibility index (Phi) is 5.57. The van der Waals surface area contributed by atoms with Crippen LogP contribution in [0.4, 0.5) is 0 Å². The Bertz CT molecular complexity index is 209. The van der Waals surface area contributed by atoms with E-state index in [1.807, 2.05) is 0 Å². The third-order valence-electron chi connectivity index (χ3n) is 3.94. The van der Waals surface area contributed by atoms with Crippen molar-refractivity contribution in [3.05, 3.63) is 0 Å². The molecular formula is C12H26N2OS. The van der Waals surface area contributed by atoms with Crippen LogP contribution in [-0.2, 0) is 4.74 Å². The van der Waals surface area contributed by atoms with E-state index in [2.05, 4.69) is 37.4 Å². The van der Waals surface area contributed by atoms with E-state index >= 15 is 0 Å². The summed E-state index contributed by atoms with van der Waals surface area (Å²) < 4.78 is 5.40. The Hall–Kier alpha value is 0.230. The maximum atomic E-state index is 6.01. The van der Waals surface area contributed by atoms with E-state index < -0.39 is 0 Å². The molecule has 1 rings (SSSR count). The van der Waals surface area contributed by atoms with Gasteiger partial charge in [0.25, 0.3) is 0 Å². The molecule has 96 valence electrons. The number of ether oxygens (including phenoxy) is 1. The smallest absolute Gasteiger partial charge is 0.0659 e. The van der Waals surface area contributed by atoms with Crippen LogP contribution in [0.3, 0.4) is 0 Å². The second kappa shape index (κ2) is 6.24. The zero-order valence-electron chi connectivity index (χ0n) is 11.0. The van der Waals surface area contributed by atoms with Crippen LogP contribution in [0, 0.1) is 0 Å². The number of thioether (sulfide) groups is 1. The normalized spacial score (nSPS) is 31.3. The molecule has 1 aliphatic rings. The molecule has 0 aromatic heterocycles. The molecule has 0 spiro atoms. The molecule has 4 heteroatoms. The fourth-order valence-electron chi connectivity index (χ4n) is 2.58. The van der Waals surface area contributed by atoms with E-state index in [1.165, 1.54) is 5.75 Å². The lowest BCUT2D eigenvalue weighted by atomic mass is 9.92. The van der Waals surface area contributed by atoms with Gasteiger partial charge in [0.1, 0.15) is 0 Å². The van der Waals surface area contributed by atoms with Crippen molar-refractivity contribution in [3.8, 4) is 0 Å². The molecule has 0 saturated carbocycles. The predicted molar refractivity (Wildman–Crippen MR) is 72.0 cm³/mol. The van der Waals surface area contributed by atoms with Gasteiger partial charge in [0.2, 0.25) is 0 Å². The zero-order chi connectivity index (χ0) is 12.2. The monoisotopic (exact) mass is 246 g/mol. The van der Waals surface area contributed by atoms with E-state index in [0.29, 0.717) is 17.8 Å². The quantitative estimate of drug-likeness (QED) is 0.799. The first-order valence-corrected chi connectivity index (χ1v) is 7.23. The Balaban J connectivity index is 2.83. The SMILES string of the molecule is CCC(CN)(COC)N1CCSC(C)C1C. The Labute approximate surface area is 104 Å². The number of rotatable bonds is 5. The second-order valence-corrected chi connectivity index (χ2v) is 6.21. The molecule has 0 bridgehead atoms. The van der Waals surface area contributed by atoms with Gasteiger partial charge in [-0.1, -0.05) is 13.8 Å². The standard InChI is InChI=1S/C12H26N2OS/c1-5-12(8-13,9-15-4)14-6-7-16-11(3)10(14)2/h10-11H,5-9,13H2,1-4H3. The summed E-state index contributed by atoms with van der Waals surface area (Å²) in [6.07, 6.45) is 1.05. The van der Waals surface area contributed by atoms with Crippen LogP contribution < -0.4 is 5.73 Å². The van der Waals surface area contributed by atoms with E-state index in [1.54, 1.807) is 7.11 Å². The minimum Gasteiger partial charge on any atom is -0.383 e. The summed E-state index contributed by atoms with van der Waals surface area (Å²) >= 11 is 2.06. The predicted octanol–water partition coefficient (Wildman–Crippen LogP) is 1.57. The summed E-state index contributed by atoms with van der Waals surface area (Å²) in [5, 5.41) is 0.683. The minimum atomic E-state index is 0.0312. The van der Waals surface area contributed by atoms with E-state index in [-0.39, 0.29) is 5.54 Å². The van der Waals surface area contributed by atoms with Gasteiger partial charge in [0.15, 0.2) is 0 Å². The first-order valence-electron chi connectivity index (χ1n) is 6.18. The van der Waals surface area contributed by atoms with Crippen LogP contribution in [0.1, 0.15) is 27.2 Å². The van der Waals surface area contributed by atoms with Crippen LogP contribution in [0.25, 0.3) is 0 Å². The van der Waals surface area contributed by atoms with Crippen LogP contribution in [-0.4, -0.2) is 54.3 Å². The molecule has 0 aromatic carbocycles. The molecule has 1 fully saturated rings. The zero-order valence-corrected chi connectivity index (χ0v) is 11.8. The lowest BCUT2D eigenvalue weighted by Gasteiger charge is -2.49. The molecule has 3 unspecified atom stereocenters. The minimum absolute atomic E-state index is 0.0312. The lowest BCUT2D eigenvalue weighted by molar-refractivity contribution is -0.00900. The highest BCUT2D eigenvalue weighted by Gasteiger charge is 2.40. The Morgan fingerprint density at radius 1 is 1.50 bits per heavy atom. The van der Waals surface area contributed by atoms with Gasteiger partial charge in [-0.05, 0) is 13.3 Å². The van der Waals surface area contributed by atoms with Crippen LogP contribution in [0.2, 0.25) is 0 Å². The molecule has 0 radical (unpaired) electrons. The second-order valence-electron chi connectivity index (χ2n) is 4.72. The average Bonchev–Trinajstić information content (AvgIpc) is 2.30. The topological polar surface area (TPSA) is 38.5 Å². The van der Waals surface area contributed by atoms with Gasteiger partial charge >= 0.3 is 0 Å². The van der Waals surface area contributed by atoms with E-state index in [0.717, 1.165) is 19.6 Å². The van der Waals surface area contributed by atoms with Gasteiger partial charge in [-0.25, -0.2) is 0 Å². The van der Waals surface area contributed by atoms with Crippen molar-refractivity contribution in [2.75, 3.05) is 32.6 Å². The highest BCUT2D eigenvalue weighted by atomic mass is 32.2. The molecule has 3 atom stereocenters. The largest absolute Gasteiger partial charge is 0.383 e. The first-order chi connectivity index (χ1) is 7.61. The van der Waals surface area contributed by atoms with E-state index in [4.69, 9.17) is 10.5 Å². The summed E-state index contributed by atoms with van der Waals surface area (Å²) in [7, 11) is 1.77. The van der Waals surface area contributed by atoms with Crippen LogP contribution >= 0.6 is 11.8 Å². The fourth-order valence-corrected chi connectivity index (χ4v) is 3.68. The molecule has 1 saturated heterocycles. The number of hydrogen-bond donors (Lipinski definition) is 1. The summed E-state index contributed by atoms with van der Waals surface area (Å²) in [5.41, 5.74) is 6.05. The lowest BCUT2D eigenvalue weighted by Crippen LogP contribution is -2.63. The molecule has 1 aliphatic heterocycles. The summed E-state index contributed by atoms with van der Waals surface area (Å²) in [6.45, 7) is 9.38. The van der Waals surface area contributed by atoms with Gasteiger partial charge in [0, 0.05) is 37.2 Å². The van der Waals surface area contributed by atoms with Crippen LogP contribution in [0.5, 0.6) is 0 Å². The molecule has 2 N–H and O–H groups in total. The first kappa shape index (κ1) is 14.3. The molecule has 0 aliphatic carbocycles. The molecule has 0 aromatic rings. The summed E-state index contributed by atoms with van der Waals surface area (Å²) in [4.78, 5) is 2.57. The summed E-state index contributed by atoms with van der Waals surface area (Å²) in [5.74, 6) is 1.21. The van der Waals surface area contributed by atoms with Gasteiger partial charge < -0.3 is 10.5 Å². The average molecular weight is 246 g/mol. The maximum absolute atomic E-state index is 6.01. The van der Waals surface area contributed by atoms with Gasteiger partial charge in [0.05, 0.1) is 12.1 Å². The number of hydrogen-bond acceptors (Lipinski definition) is 4. The van der Waals surface area contributed by atoms with Crippen molar-refractivity contribution in [2.45, 2.75) is 44.0 Å². The van der Waals surface area contributed by atoms with Crippen molar-refractivity contribution in [1.82, 2.24) is 4.90 Å². The Morgan fingerprint density at radius 2 is 2.19 bits per heavy atom. The van der Waals surface area contributed by atoms with Crippen LogP contribution in [0.15, 0.2) is 0 Å². The van der Waals surface area contributed by atoms with Crippen molar-refractivity contribution >= 4 is 11.8 Å². The van der Waals surface area contributed by atoms with Crippen molar-refractivity contribution in [3.63, 3.8) is 0 Å². The van der Waals surface area contributed by atoms with Crippen molar-refractivity contribution in [1.29, 1.82) is 0 Å². The fraction of sp³-hybridized carbons (Fsp3) is 1.00. The number of nitrogens with two attached hydrogens (primary N) is 1. The summed E-state index contributed by atoms with van der Waals surface area (Å²) in [6, 6.07) is 0.581. The van der Waals surface area contributed by atoms with Gasteiger partial charge in [-0.15, -0.1) is 0 Å². The maximum Gasteiger partial charge on any atom is 0.0659 e. The van der Waals surface area contributed by atoms with Crippen molar-refractivity contribution < 1.29 is 4.74 Å². The molecule has 1 heterocycles. The third kappa shape index (κ3) is 2.73. The Morgan fingerprint density at radius 3 is 2.69 bits per heavy atom. The molecule has 16 heavy (non-hydrogen) atoms. The highest BCUT2D eigenvalue weighted by molar-refractivity contribution is 8.00. The molecule has 0 amide bonds. The van der Waals surface area contributed by atoms with E-state index in [9.17, 15) is 0 Å². The number of methoxy groups -OCH3 is 1. The molecular weight excluding hydrogens is 220 g/mol. The van der Waals surface area contributed by atoms with Gasteiger partial charge in [-0.3, -0.25) is 4.90 Å². The highest BCUT2D eigenvalue weighted by Crippen LogP contribution is 2.31. The molecule has 3 nitrogen and oxygen atoms in total. The third-order valence-corrected chi connectivity index (χ3v) is 5.28. The van der Waals surface area contributed by atoms with Gasteiger partial charge in [-0.2, -0.15) is 11.8 Å². The van der Waals surface area contributed by atoms with Crippen molar-refractivity contribution in [2.24, 2.45) is 5.73 Å². The number of nitrogens with zero attached hydrogens (tertiary/aromatic N) is 1.